The third-order valence-electron chi connectivity index (χ3n) is 4.99. The van der Waals surface area contributed by atoms with Crippen LogP contribution < -0.4 is 5.73 Å². The van der Waals surface area contributed by atoms with Gasteiger partial charge in [-0.3, -0.25) is 4.79 Å². The molecule has 2 aromatic rings. The summed E-state index contributed by atoms with van der Waals surface area (Å²) in [7, 11) is 0. The summed E-state index contributed by atoms with van der Waals surface area (Å²) in [5, 5.41) is 10.2. The molecule has 120 valence electrons. The Morgan fingerprint density at radius 2 is 1.52 bits per heavy atom. The molecule has 0 spiro atoms. The van der Waals surface area contributed by atoms with Gasteiger partial charge in [-0.05, 0) is 61.9 Å². The van der Waals surface area contributed by atoms with E-state index in [-0.39, 0.29) is 0 Å². The summed E-state index contributed by atoms with van der Waals surface area (Å²) in [4.78, 5) is 12.5. The van der Waals surface area contributed by atoms with E-state index in [1.807, 2.05) is 38.1 Å². The lowest BCUT2D eigenvalue weighted by molar-refractivity contribution is -0.142. The molecule has 3 heteroatoms. The van der Waals surface area contributed by atoms with Crippen molar-refractivity contribution < 1.29 is 9.90 Å². The highest BCUT2D eigenvalue weighted by Crippen LogP contribution is 2.42. The number of fused-ring (bicyclic) bond motifs is 2. The van der Waals surface area contributed by atoms with Crippen molar-refractivity contribution in [3.63, 3.8) is 0 Å². The van der Waals surface area contributed by atoms with Crippen LogP contribution in [-0.4, -0.2) is 17.6 Å². The molecule has 1 aliphatic carbocycles. The monoisotopic (exact) mass is 309 g/mol. The summed E-state index contributed by atoms with van der Waals surface area (Å²) in [5.41, 5.74) is 11.2. The normalized spacial score (nSPS) is 15.4. The van der Waals surface area contributed by atoms with Crippen molar-refractivity contribution in [1.82, 2.24) is 0 Å². The van der Waals surface area contributed by atoms with E-state index in [4.69, 9.17) is 5.73 Å². The minimum absolute atomic E-state index is 0.340. The second-order valence-electron chi connectivity index (χ2n) is 6.57. The topological polar surface area (TPSA) is 63.3 Å². The van der Waals surface area contributed by atoms with Gasteiger partial charge in [0.2, 0.25) is 0 Å². The molecule has 0 atom stereocenters. The molecule has 0 aromatic heterocycles. The van der Waals surface area contributed by atoms with Crippen LogP contribution in [0, 0.1) is 13.8 Å². The highest BCUT2D eigenvalue weighted by atomic mass is 16.4. The van der Waals surface area contributed by atoms with E-state index in [1.54, 1.807) is 0 Å². The van der Waals surface area contributed by atoms with Gasteiger partial charge in [0.25, 0.3) is 0 Å². The number of benzene rings is 2. The molecule has 1 aliphatic rings. The maximum atomic E-state index is 12.5. The summed E-state index contributed by atoms with van der Waals surface area (Å²) in [6, 6.07) is 12.2. The lowest BCUT2D eigenvalue weighted by Crippen LogP contribution is -2.40. The van der Waals surface area contributed by atoms with Gasteiger partial charge in [-0.1, -0.05) is 47.5 Å². The van der Waals surface area contributed by atoms with E-state index < -0.39 is 11.4 Å². The molecule has 0 heterocycles. The Morgan fingerprint density at radius 3 is 1.91 bits per heavy atom. The number of nitrogens with two attached hydrogens (primary N) is 1. The summed E-state index contributed by atoms with van der Waals surface area (Å²) < 4.78 is 0. The molecule has 23 heavy (non-hydrogen) atoms. The van der Waals surface area contributed by atoms with Crippen molar-refractivity contribution in [2.45, 2.75) is 38.5 Å². The van der Waals surface area contributed by atoms with Gasteiger partial charge in [-0.2, -0.15) is 0 Å². The first-order chi connectivity index (χ1) is 11.0. The van der Waals surface area contributed by atoms with E-state index in [9.17, 15) is 9.90 Å². The van der Waals surface area contributed by atoms with Gasteiger partial charge < -0.3 is 10.8 Å². The number of aliphatic carboxylic acids is 1. The average Bonchev–Trinajstić information content (AvgIpc) is 2.63. The fraction of sp³-hybridized carbons (Fsp3) is 0.350. The first-order valence-corrected chi connectivity index (χ1v) is 8.12. The van der Waals surface area contributed by atoms with Crippen LogP contribution >= 0.6 is 0 Å². The number of rotatable bonds is 3. The van der Waals surface area contributed by atoms with Crippen molar-refractivity contribution in [1.29, 1.82) is 0 Å². The summed E-state index contributed by atoms with van der Waals surface area (Å²) >= 11 is 0. The quantitative estimate of drug-likeness (QED) is 0.915. The molecule has 3 nitrogen and oxygen atoms in total. The molecule has 0 aliphatic heterocycles. The molecular weight excluding hydrogens is 286 g/mol. The number of hydrogen-bond acceptors (Lipinski definition) is 2. The third kappa shape index (κ3) is 2.45. The largest absolute Gasteiger partial charge is 0.480 e. The van der Waals surface area contributed by atoms with Crippen molar-refractivity contribution in [3.05, 3.63) is 69.8 Å². The van der Waals surface area contributed by atoms with Gasteiger partial charge in [0.1, 0.15) is 5.41 Å². The molecule has 0 bridgehead atoms. The number of carboxylic acids is 1. The zero-order chi connectivity index (χ0) is 16.6. The van der Waals surface area contributed by atoms with Crippen molar-refractivity contribution >= 4 is 5.97 Å². The first kappa shape index (κ1) is 15.8. The van der Waals surface area contributed by atoms with Crippen LogP contribution in [-0.2, 0) is 23.1 Å². The summed E-state index contributed by atoms with van der Waals surface area (Å²) in [6.07, 6.45) is 2.15. The maximum absolute atomic E-state index is 12.5. The maximum Gasteiger partial charge on any atom is 0.318 e. The van der Waals surface area contributed by atoms with Crippen molar-refractivity contribution in [2.24, 2.45) is 5.73 Å². The minimum Gasteiger partial charge on any atom is -0.480 e. The van der Waals surface area contributed by atoms with Crippen LogP contribution in [0.1, 0.15) is 39.8 Å². The Balaban J connectivity index is 2.36. The van der Waals surface area contributed by atoms with Crippen LogP contribution in [0.2, 0.25) is 0 Å². The van der Waals surface area contributed by atoms with E-state index in [0.717, 1.165) is 46.2 Å². The first-order valence-electron chi connectivity index (χ1n) is 8.12. The molecule has 0 amide bonds. The van der Waals surface area contributed by atoms with E-state index in [1.165, 1.54) is 0 Å². The number of hydrogen-bond donors (Lipinski definition) is 2. The molecule has 0 unspecified atom stereocenters. The second-order valence-corrected chi connectivity index (χ2v) is 6.57. The fourth-order valence-corrected chi connectivity index (χ4v) is 3.93. The molecular formula is C20H23NO2. The number of aryl methyl sites for hydroxylation is 4. The van der Waals surface area contributed by atoms with Crippen LogP contribution in [0.5, 0.6) is 0 Å². The molecule has 0 radical (unpaired) electrons. The SMILES string of the molecule is Cc1ccc2c(c1)CCc1cc(C)ccc1C2(CCN)C(=O)O. The van der Waals surface area contributed by atoms with Gasteiger partial charge in [0, 0.05) is 0 Å². The van der Waals surface area contributed by atoms with E-state index in [0.29, 0.717) is 13.0 Å². The molecule has 0 fully saturated rings. The molecule has 3 rings (SSSR count). The highest BCUT2D eigenvalue weighted by molar-refractivity contribution is 5.87. The highest BCUT2D eigenvalue weighted by Gasteiger charge is 2.45. The average molecular weight is 309 g/mol. The van der Waals surface area contributed by atoms with Crippen LogP contribution in [0.25, 0.3) is 0 Å². The third-order valence-corrected chi connectivity index (χ3v) is 4.99. The lowest BCUT2D eigenvalue weighted by Gasteiger charge is -2.32. The summed E-state index contributed by atoms with van der Waals surface area (Å²) in [5.74, 6) is -0.806. The molecule has 2 aromatic carbocycles. The molecule has 0 saturated heterocycles. The standard InChI is InChI=1S/C20H23NO2/c1-13-3-7-17-15(11-13)5-6-16-12-14(2)4-8-18(16)20(17,9-10-21)19(22)23/h3-4,7-8,11-12H,5-6,9-10,21H2,1-2H3,(H,22,23). The smallest absolute Gasteiger partial charge is 0.318 e. The van der Waals surface area contributed by atoms with Crippen LogP contribution in [0.4, 0.5) is 0 Å². The lowest BCUT2D eigenvalue weighted by atomic mass is 9.70. The Hall–Kier alpha value is -2.13. The fourth-order valence-electron chi connectivity index (χ4n) is 3.93. The van der Waals surface area contributed by atoms with Crippen molar-refractivity contribution in [2.75, 3.05) is 6.54 Å². The minimum atomic E-state index is -1.04. The van der Waals surface area contributed by atoms with Gasteiger partial charge in [0.05, 0.1) is 0 Å². The van der Waals surface area contributed by atoms with E-state index in [2.05, 4.69) is 12.1 Å². The predicted octanol–water partition coefficient (Wildman–Crippen LogP) is 3.12. The zero-order valence-corrected chi connectivity index (χ0v) is 13.7. The Kier molecular flexibility index (Phi) is 3.99. The van der Waals surface area contributed by atoms with Crippen LogP contribution in [0.15, 0.2) is 36.4 Å². The predicted molar refractivity (Wildman–Crippen MR) is 91.9 cm³/mol. The zero-order valence-electron chi connectivity index (χ0n) is 13.7. The second kappa shape index (κ2) is 5.82. The van der Waals surface area contributed by atoms with E-state index >= 15 is 0 Å². The van der Waals surface area contributed by atoms with Gasteiger partial charge in [-0.25, -0.2) is 0 Å². The Labute approximate surface area is 137 Å². The molecule has 0 saturated carbocycles. The Bertz CT molecular complexity index is 711. The van der Waals surface area contributed by atoms with Gasteiger partial charge in [-0.15, -0.1) is 0 Å². The Morgan fingerprint density at radius 1 is 1.04 bits per heavy atom. The number of carbonyl (C=O) groups is 1. The van der Waals surface area contributed by atoms with Crippen molar-refractivity contribution in [3.8, 4) is 0 Å². The van der Waals surface area contributed by atoms with Gasteiger partial charge >= 0.3 is 5.97 Å². The van der Waals surface area contributed by atoms with Gasteiger partial charge in [0.15, 0.2) is 0 Å². The molecule has 3 N–H and O–H groups in total. The number of carboxylic acid groups (broad SMARTS) is 1. The summed E-state index contributed by atoms with van der Waals surface area (Å²) in [6.45, 7) is 4.44. The van der Waals surface area contributed by atoms with Crippen LogP contribution in [0.3, 0.4) is 0 Å².